The van der Waals surface area contributed by atoms with Gasteiger partial charge < -0.3 is 9.47 Å². The van der Waals surface area contributed by atoms with Crippen LogP contribution >= 0.6 is 11.3 Å². The highest BCUT2D eigenvalue weighted by Gasteiger charge is 2.02. The molecule has 0 spiro atoms. The normalized spacial score (nSPS) is 11.1. The number of aromatic nitrogens is 1. The van der Waals surface area contributed by atoms with Gasteiger partial charge in [0.05, 0.1) is 24.4 Å². The molecule has 0 amide bonds. The van der Waals surface area contributed by atoms with E-state index in [9.17, 15) is 0 Å². The van der Waals surface area contributed by atoms with Crippen molar-refractivity contribution < 1.29 is 9.47 Å². The molecule has 3 nitrogen and oxygen atoms in total. The highest BCUT2D eigenvalue weighted by Crippen LogP contribution is 2.27. The molecule has 0 aliphatic carbocycles. The molecule has 0 aliphatic rings. The molecule has 0 fully saturated rings. The van der Waals surface area contributed by atoms with Crippen LogP contribution in [0, 0.1) is 0 Å². The molecule has 3 rings (SSSR count). The van der Waals surface area contributed by atoms with E-state index in [4.69, 9.17) is 9.47 Å². The molecule has 2 aromatic carbocycles. The summed E-state index contributed by atoms with van der Waals surface area (Å²) >= 11 is 1.65. The molecule has 0 saturated carbocycles. The van der Waals surface area contributed by atoms with Gasteiger partial charge in [-0.25, -0.2) is 4.98 Å². The quantitative estimate of drug-likeness (QED) is 0.711. The Balaban J connectivity index is 1.84. The van der Waals surface area contributed by atoms with Crippen molar-refractivity contribution in [2.45, 2.75) is 0 Å². The maximum atomic E-state index is 5.23. The molecule has 0 saturated heterocycles. The largest absolute Gasteiger partial charge is 0.497 e. The Morgan fingerprint density at radius 2 is 1.62 bits per heavy atom. The second-order valence-electron chi connectivity index (χ2n) is 4.49. The van der Waals surface area contributed by atoms with Gasteiger partial charge in [-0.3, -0.25) is 0 Å². The lowest BCUT2D eigenvalue weighted by atomic mass is 10.2. The first kappa shape index (κ1) is 13.6. The van der Waals surface area contributed by atoms with Crippen LogP contribution in [-0.2, 0) is 0 Å². The van der Waals surface area contributed by atoms with E-state index in [-0.39, 0.29) is 0 Å². The van der Waals surface area contributed by atoms with E-state index >= 15 is 0 Å². The fourth-order valence-electron chi connectivity index (χ4n) is 2.00. The predicted molar refractivity (Wildman–Crippen MR) is 88.1 cm³/mol. The summed E-state index contributed by atoms with van der Waals surface area (Å²) in [6, 6.07) is 13.9. The van der Waals surface area contributed by atoms with Crippen molar-refractivity contribution in [3.05, 3.63) is 53.0 Å². The van der Waals surface area contributed by atoms with Crippen molar-refractivity contribution >= 4 is 33.7 Å². The summed E-state index contributed by atoms with van der Waals surface area (Å²) in [6.07, 6.45) is 4.08. The number of thiazole rings is 1. The highest BCUT2D eigenvalue weighted by atomic mass is 32.1. The maximum absolute atomic E-state index is 5.23. The molecular weight excluding hydrogens is 282 g/mol. The molecule has 0 aliphatic heterocycles. The van der Waals surface area contributed by atoms with Crippen LogP contribution in [0.1, 0.15) is 10.6 Å². The third kappa shape index (κ3) is 3.06. The fourth-order valence-corrected chi connectivity index (χ4v) is 2.90. The summed E-state index contributed by atoms with van der Waals surface area (Å²) in [7, 11) is 3.34. The molecule has 0 radical (unpaired) electrons. The Morgan fingerprint density at radius 1 is 0.905 bits per heavy atom. The Kier molecular flexibility index (Phi) is 3.88. The number of fused-ring (bicyclic) bond motifs is 1. The Bertz CT molecular complexity index is 775. The predicted octanol–water partition coefficient (Wildman–Crippen LogP) is 4.48. The lowest BCUT2D eigenvalue weighted by Gasteiger charge is -1.98. The Morgan fingerprint density at radius 3 is 2.33 bits per heavy atom. The third-order valence-electron chi connectivity index (χ3n) is 3.15. The van der Waals surface area contributed by atoms with Gasteiger partial charge in [-0.05, 0) is 42.0 Å². The van der Waals surface area contributed by atoms with E-state index < -0.39 is 0 Å². The number of hydrogen-bond acceptors (Lipinski definition) is 4. The molecule has 0 atom stereocenters. The molecular formula is C17H15NO2S. The molecule has 1 heterocycles. The second-order valence-corrected chi connectivity index (χ2v) is 5.55. The summed E-state index contributed by atoms with van der Waals surface area (Å²) in [5, 5.41) is 0.981. The molecule has 3 aromatic rings. The number of methoxy groups -OCH3 is 2. The first-order valence-electron chi connectivity index (χ1n) is 6.55. The van der Waals surface area contributed by atoms with E-state index in [1.54, 1.807) is 25.6 Å². The van der Waals surface area contributed by atoms with E-state index in [2.05, 4.69) is 4.98 Å². The number of benzene rings is 2. The van der Waals surface area contributed by atoms with Gasteiger partial charge in [-0.2, -0.15) is 0 Å². The topological polar surface area (TPSA) is 31.4 Å². The van der Waals surface area contributed by atoms with Crippen LogP contribution in [0.4, 0.5) is 0 Å². The van der Waals surface area contributed by atoms with Gasteiger partial charge in [0.15, 0.2) is 0 Å². The monoisotopic (exact) mass is 297 g/mol. The van der Waals surface area contributed by atoms with Crippen molar-refractivity contribution in [3.8, 4) is 11.5 Å². The fraction of sp³-hybridized carbons (Fsp3) is 0.118. The Labute approximate surface area is 127 Å². The average molecular weight is 297 g/mol. The van der Waals surface area contributed by atoms with Crippen molar-refractivity contribution in [2.75, 3.05) is 14.2 Å². The number of nitrogens with zero attached hydrogens (tertiary/aromatic N) is 1. The smallest absolute Gasteiger partial charge is 0.120 e. The van der Waals surface area contributed by atoms with Gasteiger partial charge in [-0.15, -0.1) is 11.3 Å². The second kappa shape index (κ2) is 5.97. The standard InChI is InChI=1S/C17H15NO2S/c1-19-13-6-3-12(4-7-13)5-10-17-18-15-9-8-14(20-2)11-16(15)21-17/h3-11H,1-2H3. The molecule has 106 valence electrons. The van der Waals surface area contributed by atoms with Crippen LogP contribution < -0.4 is 9.47 Å². The van der Waals surface area contributed by atoms with Gasteiger partial charge in [0.2, 0.25) is 0 Å². The van der Waals surface area contributed by atoms with Gasteiger partial charge in [-0.1, -0.05) is 18.2 Å². The SMILES string of the molecule is COc1ccc(C=Cc2nc3ccc(OC)cc3s2)cc1. The third-order valence-corrected chi connectivity index (χ3v) is 4.13. The minimum absolute atomic E-state index is 0.858. The van der Waals surface area contributed by atoms with E-state index in [0.717, 1.165) is 32.3 Å². The van der Waals surface area contributed by atoms with Crippen LogP contribution in [0.2, 0.25) is 0 Å². The van der Waals surface area contributed by atoms with Crippen LogP contribution in [0.5, 0.6) is 11.5 Å². The van der Waals surface area contributed by atoms with Crippen LogP contribution in [-0.4, -0.2) is 19.2 Å². The molecule has 4 heteroatoms. The minimum atomic E-state index is 0.858. The van der Waals surface area contributed by atoms with Crippen LogP contribution in [0.25, 0.3) is 22.4 Å². The zero-order valence-corrected chi connectivity index (χ0v) is 12.7. The summed E-state index contributed by atoms with van der Waals surface area (Å²) in [6.45, 7) is 0. The first-order chi connectivity index (χ1) is 10.3. The van der Waals surface area contributed by atoms with Crippen LogP contribution in [0.3, 0.4) is 0 Å². The van der Waals surface area contributed by atoms with Crippen molar-refractivity contribution in [2.24, 2.45) is 0 Å². The number of ether oxygens (including phenoxy) is 2. The lowest BCUT2D eigenvalue weighted by molar-refractivity contribution is 0.415. The molecule has 0 unspecified atom stereocenters. The molecule has 0 bridgehead atoms. The average Bonchev–Trinajstić information content (AvgIpc) is 2.95. The maximum Gasteiger partial charge on any atom is 0.120 e. The zero-order chi connectivity index (χ0) is 14.7. The van der Waals surface area contributed by atoms with Gasteiger partial charge in [0.25, 0.3) is 0 Å². The molecule has 21 heavy (non-hydrogen) atoms. The zero-order valence-electron chi connectivity index (χ0n) is 11.9. The van der Waals surface area contributed by atoms with Crippen molar-refractivity contribution in [1.29, 1.82) is 0 Å². The van der Waals surface area contributed by atoms with Crippen molar-refractivity contribution in [3.63, 3.8) is 0 Å². The van der Waals surface area contributed by atoms with Crippen LogP contribution in [0.15, 0.2) is 42.5 Å². The first-order valence-corrected chi connectivity index (χ1v) is 7.37. The number of hydrogen-bond donors (Lipinski definition) is 0. The summed E-state index contributed by atoms with van der Waals surface area (Å²) < 4.78 is 11.5. The summed E-state index contributed by atoms with van der Waals surface area (Å²) in [5.74, 6) is 1.72. The Hall–Kier alpha value is -2.33. The summed E-state index contributed by atoms with van der Waals surface area (Å²) in [4.78, 5) is 4.59. The van der Waals surface area contributed by atoms with E-state index in [1.165, 1.54) is 0 Å². The number of rotatable bonds is 4. The molecule has 1 aromatic heterocycles. The molecule has 0 N–H and O–H groups in total. The van der Waals surface area contributed by atoms with E-state index in [1.807, 2.05) is 54.6 Å². The summed E-state index contributed by atoms with van der Waals surface area (Å²) in [5.41, 5.74) is 2.11. The minimum Gasteiger partial charge on any atom is -0.497 e. The van der Waals surface area contributed by atoms with Gasteiger partial charge >= 0.3 is 0 Å². The lowest BCUT2D eigenvalue weighted by Crippen LogP contribution is -1.81. The highest BCUT2D eigenvalue weighted by molar-refractivity contribution is 7.19. The van der Waals surface area contributed by atoms with E-state index in [0.29, 0.717) is 0 Å². The van der Waals surface area contributed by atoms with Gasteiger partial charge in [0.1, 0.15) is 16.5 Å². The van der Waals surface area contributed by atoms with Crippen molar-refractivity contribution in [1.82, 2.24) is 4.98 Å². The van der Waals surface area contributed by atoms with Gasteiger partial charge in [0, 0.05) is 0 Å².